The van der Waals surface area contributed by atoms with Gasteiger partial charge in [0.05, 0.1) is 6.61 Å². The van der Waals surface area contributed by atoms with Crippen LogP contribution in [0.4, 0.5) is 4.79 Å². The SMILES string of the molecule is CCCNC(C1CCOC1)C1CCN(C(=O)OC(C)(C)C)C1. The zero-order valence-corrected chi connectivity index (χ0v) is 14.6. The third-order valence-electron chi connectivity index (χ3n) is 4.49. The van der Waals surface area contributed by atoms with Gasteiger partial charge in [-0.05, 0) is 52.5 Å². The Morgan fingerprint density at radius 2 is 2.14 bits per heavy atom. The Labute approximate surface area is 134 Å². The number of nitrogens with one attached hydrogen (secondary N) is 1. The number of hydrogen-bond donors (Lipinski definition) is 1. The highest BCUT2D eigenvalue weighted by Gasteiger charge is 2.38. The van der Waals surface area contributed by atoms with E-state index in [1.807, 2.05) is 25.7 Å². The normalized spacial score (nSPS) is 27.2. The van der Waals surface area contributed by atoms with Gasteiger partial charge in [0.2, 0.25) is 0 Å². The second-order valence-electron chi connectivity index (χ2n) is 7.58. The Hall–Kier alpha value is -0.810. The Balaban J connectivity index is 1.91. The molecule has 0 aromatic rings. The Morgan fingerprint density at radius 1 is 1.36 bits per heavy atom. The van der Waals surface area contributed by atoms with Gasteiger partial charge in [0.25, 0.3) is 0 Å². The minimum atomic E-state index is -0.422. The molecule has 5 heteroatoms. The van der Waals surface area contributed by atoms with Gasteiger partial charge in [-0.1, -0.05) is 6.92 Å². The quantitative estimate of drug-likeness (QED) is 0.848. The lowest BCUT2D eigenvalue weighted by Crippen LogP contribution is -2.44. The highest BCUT2D eigenvalue weighted by Crippen LogP contribution is 2.29. The molecule has 0 saturated carbocycles. The van der Waals surface area contributed by atoms with Gasteiger partial charge in [-0.25, -0.2) is 4.79 Å². The van der Waals surface area contributed by atoms with Crippen LogP contribution in [-0.4, -0.2) is 55.5 Å². The van der Waals surface area contributed by atoms with Crippen molar-refractivity contribution >= 4 is 6.09 Å². The van der Waals surface area contributed by atoms with Gasteiger partial charge >= 0.3 is 6.09 Å². The van der Waals surface area contributed by atoms with Crippen LogP contribution in [0.15, 0.2) is 0 Å². The van der Waals surface area contributed by atoms with E-state index in [1.165, 1.54) is 0 Å². The maximum absolute atomic E-state index is 12.2. The second-order valence-corrected chi connectivity index (χ2v) is 7.58. The lowest BCUT2D eigenvalue weighted by molar-refractivity contribution is 0.0283. The van der Waals surface area contributed by atoms with Crippen molar-refractivity contribution in [2.75, 3.05) is 32.8 Å². The van der Waals surface area contributed by atoms with Crippen LogP contribution < -0.4 is 5.32 Å². The average Bonchev–Trinajstić information content (AvgIpc) is 3.08. The minimum Gasteiger partial charge on any atom is -0.444 e. The van der Waals surface area contributed by atoms with Crippen molar-refractivity contribution in [1.82, 2.24) is 10.2 Å². The summed E-state index contributed by atoms with van der Waals surface area (Å²) in [4.78, 5) is 14.1. The molecule has 1 amide bonds. The summed E-state index contributed by atoms with van der Waals surface area (Å²) in [5, 5.41) is 3.70. The average molecular weight is 312 g/mol. The lowest BCUT2D eigenvalue weighted by Gasteiger charge is -2.30. The Kier molecular flexibility index (Phi) is 6.09. The number of carbonyl (C=O) groups is 1. The van der Waals surface area contributed by atoms with Crippen LogP contribution in [0.3, 0.4) is 0 Å². The summed E-state index contributed by atoms with van der Waals surface area (Å²) in [6, 6.07) is 0.454. The van der Waals surface area contributed by atoms with E-state index >= 15 is 0 Å². The standard InChI is InChI=1S/C17H32N2O3/c1-5-8-18-15(14-7-10-21-12-14)13-6-9-19(11-13)16(20)22-17(2,3)4/h13-15,18H,5-12H2,1-4H3. The fraction of sp³-hybridized carbons (Fsp3) is 0.941. The van der Waals surface area contributed by atoms with E-state index in [0.717, 1.165) is 52.1 Å². The first-order valence-electron chi connectivity index (χ1n) is 8.69. The van der Waals surface area contributed by atoms with Crippen molar-refractivity contribution in [2.24, 2.45) is 11.8 Å². The zero-order valence-electron chi connectivity index (χ0n) is 14.6. The van der Waals surface area contributed by atoms with Gasteiger partial charge in [-0.3, -0.25) is 0 Å². The van der Waals surface area contributed by atoms with Gasteiger partial charge in [0, 0.05) is 31.7 Å². The highest BCUT2D eigenvalue weighted by molar-refractivity contribution is 5.68. The summed E-state index contributed by atoms with van der Waals surface area (Å²) in [5.74, 6) is 1.08. The predicted molar refractivity (Wildman–Crippen MR) is 86.9 cm³/mol. The Bertz CT molecular complexity index is 361. The van der Waals surface area contributed by atoms with Gasteiger partial charge in [0.15, 0.2) is 0 Å². The first kappa shape index (κ1) is 17.5. The molecule has 2 aliphatic heterocycles. The first-order valence-corrected chi connectivity index (χ1v) is 8.69. The molecule has 22 heavy (non-hydrogen) atoms. The molecule has 128 valence electrons. The molecule has 3 unspecified atom stereocenters. The molecule has 2 fully saturated rings. The molecule has 2 rings (SSSR count). The molecular weight excluding hydrogens is 280 g/mol. The van der Waals surface area contributed by atoms with Gasteiger partial charge in [-0.15, -0.1) is 0 Å². The van der Waals surface area contributed by atoms with Crippen molar-refractivity contribution in [3.8, 4) is 0 Å². The second kappa shape index (κ2) is 7.64. The van der Waals surface area contributed by atoms with Gasteiger partial charge in [0.1, 0.15) is 5.60 Å². The lowest BCUT2D eigenvalue weighted by atomic mass is 9.87. The third-order valence-corrected chi connectivity index (χ3v) is 4.49. The molecule has 0 aromatic carbocycles. The number of hydrogen-bond acceptors (Lipinski definition) is 4. The largest absolute Gasteiger partial charge is 0.444 e. The van der Waals surface area contributed by atoms with E-state index in [1.54, 1.807) is 0 Å². The van der Waals surface area contributed by atoms with Crippen LogP contribution in [0.5, 0.6) is 0 Å². The topological polar surface area (TPSA) is 50.8 Å². The van der Waals surface area contributed by atoms with E-state index in [2.05, 4.69) is 12.2 Å². The zero-order chi connectivity index (χ0) is 16.2. The molecule has 5 nitrogen and oxygen atoms in total. The molecule has 0 spiro atoms. The van der Waals surface area contributed by atoms with Gasteiger partial charge in [-0.2, -0.15) is 0 Å². The molecule has 0 radical (unpaired) electrons. The monoisotopic (exact) mass is 312 g/mol. The summed E-state index contributed by atoms with van der Waals surface area (Å²) in [6.07, 6.45) is 3.14. The molecule has 0 aromatic heterocycles. The molecule has 3 atom stereocenters. The van der Waals surface area contributed by atoms with Crippen LogP contribution in [-0.2, 0) is 9.47 Å². The van der Waals surface area contributed by atoms with Crippen molar-refractivity contribution in [3.63, 3.8) is 0 Å². The van der Waals surface area contributed by atoms with E-state index < -0.39 is 5.60 Å². The number of rotatable bonds is 5. The third kappa shape index (κ3) is 4.85. The van der Waals surface area contributed by atoms with Crippen LogP contribution in [0.25, 0.3) is 0 Å². The summed E-state index contributed by atoms with van der Waals surface area (Å²) in [7, 11) is 0. The fourth-order valence-corrected chi connectivity index (χ4v) is 3.44. The van der Waals surface area contributed by atoms with Crippen molar-refractivity contribution in [2.45, 2.75) is 58.6 Å². The van der Waals surface area contributed by atoms with Crippen molar-refractivity contribution < 1.29 is 14.3 Å². The minimum absolute atomic E-state index is 0.174. The van der Waals surface area contributed by atoms with Gasteiger partial charge < -0.3 is 19.7 Å². The number of likely N-dealkylation sites (tertiary alicyclic amines) is 1. The van der Waals surface area contributed by atoms with E-state index in [4.69, 9.17) is 9.47 Å². The molecule has 0 aliphatic carbocycles. The van der Waals surface area contributed by atoms with Crippen LogP contribution >= 0.6 is 0 Å². The fourth-order valence-electron chi connectivity index (χ4n) is 3.44. The first-order chi connectivity index (χ1) is 10.4. The number of amides is 1. The number of nitrogens with zero attached hydrogens (tertiary/aromatic N) is 1. The molecule has 2 heterocycles. The van der Waals surface area contributed by atoms with Crippen LogP contribution in [0.2, 0.25) is 0 Å². The van der Waals surface area contributed by atoms with Crippen LogP contribution in [0.1, 0.15) is 47.0 Å². The summed E-state index contributed by atoms with van der Waals surface area (Å²) in [5.41, 5.74) is -0.422. The van der Waals surface area contributed by atoms with E-state index in [-0.39, 0.29) is 6.09 Å². The Morgan fingerprint density at radius 3 is 2.73 bits per heavy atom. The molecule has 0 bridgehead atoms. The number of ether oxygens (including phenoxy) is 2. The molecular formula is C17H32N2O3. The molecule has 2 saturated heterocycles. The summed E-state index contributed by atoms with van der Waals surface area (Å²) < 4.78 is 11.1. The highest BCUT2D eigenvalue weighted by atomic mass is 16.6. The van der Waals surface area contributed by atoms with E-state index in [9.17, 15) is 4.79 Å². The predicted octanol–water partition coefficient (Wildman–Crippen LogP) is 2.65. The van der Waals surface area contributed by atoms with E-state index in [0.29, 0.717) is 17.9 Å². The molecule has 1 N–H and O–H groups in total. The summed E-state index contributed by atoms with van der Waals surface area (Å²) >= 11 is 0. The molecule has 2 aliphatic rings. The van der Waals surface area contributed by atoms with Crippen LogP contribution in [0, 0.1) is 11.8 Å². The van der Waals surface area contributed by atoms with Crippen molar-refractivity contribution in [1.29, 1.82) is 0 Å². The maximum Gasteiger partial charge on any atom is 0.410 e. The number of carbonyl (C=O) groups excluding carboxylic acids is 1. The maximum atomic E-state index is 12.2. The smallest absolute Gasteiger partial charge is 0.410 e. The van der Waals surface area contributed by atoms with Crippen molar-refractivity contribution in [3.05, 3.63) is 0 Å². The summed E-state index contributed by atoms with van der Waals surface area (Å²) in [6.45, 7) is 12.3.